The van der Waals surface area contributed by atoms with Crippen molar-refractivity contribution < 1.29 is 49.0 Å². The van der Waals surface area contributed by atoms with E-state index in [1.165, 1.54) is 27.8 Å². The topological polar surface area (TPSA) is 9.23 Å². The second-order valence-electron chi connectivity index (χ2n) is 5.83. The van der Waals surface area contributed by atoms with Crippen LogP contribution in [0.5, 0.6) is 0 Å². The fourth-order valence-electron chi connectivity index (χ4n) is 2.88. The maximum atomic E-state index is 5.68. The zero-order chi connectivity index (χ0) is 14.2. The fraction of sp³-hybridized carbons (Fsp3) is 0.412. The van der Waals surface area contributed by atoms with Crippen molar-refractivity contribution in [1.82, 2.24) is 0 Å². The molecule has 1 nitrogen and oxygen atoms in total. The van der Waals surface area contributed by atoms with Crippen LogP contribution in [0.1, 0.15) is 45.7 Å². The third kappa shape index (κ3) is 4.03. The van der Waals surface area contributed by atoms with Gasteiger partial charge in [0.15, 0.2) is 0 Å². The fourth-order valence-corrected chi connectivity index (χ4v) is 3.05. The molecule has 0 fully saturated rings. The first-order chi connectivity index (χ1) is 8.88. The standard InChI is InChI=1S/C17H21O.2ClH.Ti/c1-11-10-12(2)16(13(11)3)14-8-6-7-9-15(14)17(4,5)18;;;/h6-10,12H,1-5H3;2*1H;/q-1;;;+3/p-2. The summed E-state index contributed by atoms with van der Waals surface area (Å²) in [5, 5.41) is 0. The average Bonchev–Trinajstić information content (AvgIpc) is 2.63. The van der Waals surface area contributed by atoms with Crippen LogP contribution in [-0.4, -0.2) is 0 Å². The Balaban J connectivity index is 0.00000200. The Bertz CT molecular complexity index is 562. The van der Waals surface area contributed by atoms with Crippen LogP contribution in [0.2, 0.25) is 0 Å². The molecule has 1 unspecified atom stereocenters. The number of hydrogen-bond acceptors (Lipinski definition) is 1. The molecule has 0 saturated carbocycles. The van der Waals surface area contributed by atoms with Gasteiger partial charge in [0.2, 0.25) is 0 Å². The Labute approximate surface area is 152 Å². The van der Waals surface area contributed by atoms with Crippen LogP contribution in [0.3, 0.4) is 0 Å². The first kappa shape index (κ1) is 21.0. The van der Waals surface area contributed by atoms with Gasteiger partial charge in [0, 0.05) is 0 Å². The normalized spacial score (nSPS) is 18.0. The third-order valence-corrected chi connectivity index (χ3v) is 4.87. The molecule has 0 N–H and O–H groups in total. The molecule has 0 bridgehead atoms. The maximum Gasteiger partial charge on any atom is -1.00 e. The molecule has 1 aromatic rings. The minimum atomic E-state index is -0.264. The molecule has 4 heteroatoms. The van der Waals surface area contributed by atoms with Crippen molar-refractivity contribution >= 4 is 5.57 Å². The summed E-state index contributed by atoms with van der Waals surface area (Å²) in [6.07, 6.45) is 2.35. The van der Waals surface area contributed by atoms with Crippen molar-refractivity contribution in [2.75, 3.05) is 0 Å². The molecule has 0 spiro atoms. The van der Waals surface area contributed by atoms with Crippen molar-refractivity contribution in [3.05, 3.63) is 52.6 Å². The van der Waals surface area contributed by atoms with Gasteiger partial charge in [0.25, 0.3) is 0 Å². The molecule has 0 heterocycles. The molecule has 1 aliphatic rings. The van der Waals surface area contributed by atoms with Crippen LogP contribution in [-0.2, 0) is 29.7 Å². The van der Waals surface area contributed by atoms with Crippen LogP contribution >= 0.6 is 0 Å². The van der Waals surface area contributed by atoms with Crippen molar-refractivity contribution in [3.63, 3.8) is 0 Å². The van der Waals surface area contributed by atoms with Crippen LogP contribution in [0.15, 0.2) is 41.5 Å². The smallest absolute Gasteiger partial charge is 1.00 e. The summed E-state index contributed by atoms with van der Waals surface area (Å²) in [4.78, 5) is 0. The van der Waals surface area contributed by atoms with Gasteiger partial charge in [-0.1, -0.05) is 0 Å². The number of rotatable bonds is 3. The summed E-state index contributed by atoms with van der Waals surface area (Å²) in [5.41, 5.74) is 6.58. The van der Waals surface area contributed by atoms with Gasteiger partial charge in [0.1, 0.15) is 0 Å². The van der Waals surface area contributed by atoms with Gasteiger partial charge >= 0.3 is 128 Å². The van der Waals surface area contributed by atoms with Crippen molar-refractivity contribution in [3.8, 4) is 0 Å². The van der Waals surface area contributed by atoms with Gasteiger partial charge < -0.3 is 24.8 Å². The summed E-state index contributed by atoms with van der Waals surface area (Å²) < 4.78 is 5.68. The molecule has 0 saturated heterocycles. The molecule has 0 amide bonds. The van der Waals surface area contributed by atoms with Crippen LogP contribution in [0, 0.1) is 5.92 Å². The Morgan fingerprint density at radius 2 is 1.67 bits per heavy atom. The number of benzene rings is 1. The molecule has 0 aliphatic heterocycles. The SMILES string of the molecule is CC1=CC(C)C(c2ccccc2C(C)(C)[O][Ti+2])=C1C.[Cl-].[Cl-]. The zero-order valence-electron chi connectivity index (χ0n) is 13.1. The van der Waals surface area contributed by atoms with E-state index in [9.17, 15) is 0 Å². The minimum Gasteiger partial charge on any atom is -1.00 e. The molecule has 2 rings (SSSR count). The molecule has 113 valence electrons. The van der Waals surface area contributed by atoms with Gasteiger partial charge in [-0.3, -0.25) is 0 Å². The Hall–Kier alpha value is -0.0457. The molecule has 0 aromatic heterocycles. The second-order valence-corrected chi connectivity index (χ2v) is 6.15. The van der Waals surface area contributed by atoms with E-state index in [2.05, 4.69) is 65.0 Å². The number of hydrogen-bond donors (Lipinski definition) is 0. The van der Waals surface area contributed by atoms with Crippen molar-refractivity contribution in [1.29, 1.82) is 0 Å². The predicted molar refractivity (Wildman–Crippen MR) is 76.1 cm³/mol. The molecule has 0 radical (unpaired) electrons. The largest absolute Gasteiger partial charge is 1.00 e. The van der Waals surface area contributed by atoms with E-state index in [4.69, 9.17) is 3.32 Å². The van der Waals surface area contributed by atoms with E-state index in [1.54, 1.807) is 20.8 Å². The Morgan fingerprint density at radius 3 is 2.14 bits per heavy atom. The van der Waals surface area contributed by atoms with E-state index in [0.717, 1.165) is 0 Å². The first-order valence-electron chi connectivity index (χ1n) is 6.72. The Morgan fingerprint density at radius 1 is 1.10 bits per heavy atom. The Kier molecular flexibility index (Phi) is 7.97. The third-order valence-electron chi connectivity index (χ3n) is 4.07. The maximum absolute atomic E-state index is 5.68. The number of halogens is 2. The average molecular weight is 360 g/mol. The predicted octanol–water partition coefficient (Wildman–Crippen LogP) is -1.22. The molecular weight excluding hydrogens is 339 g/mol. The summed E-state index contributed by atoms with van der Waals surface area (Å²) in [7, 11) is 0. The van der Waals surface area contributed by atoms with E-state index >= 15 is 0 Å². The van der Waals surface area contributed by atoms with E-state index in [-0.39, 0.29) is 30.4 Å². The van der Waals surface area contributed by atoms with Crippen molar-refractivity contribution in [2.45, 2.75) is 40.2 Å². The quantitative estimate of drug-likeness (QED) is 0.615. The zero-order valence-corrected chi connectivity index (χ0v) is 16.2. The van der Waals surface area contributed by atoms with Gasteiger partial charge in [0.05, 0.1) is 0 Å². The van der Waals surface area contributed by atoms with Crippen LogP contribution in [0.4, 0.5) is 0 Å². The summed E-state index contributed by atoms with van der Waals surface area (Å²) in [5.74, 6) is 0.480. The molecule has 21 heavy (non-hydrogen) atoms. The first-order valence-corrected chi connectivity index (χ1v) is 7.36. The van der Waals surface area contributed by atoms with Gasteiger partial charge in [-0.15, -0.1) is 0 Å². The monoisotopic (exact) mass is 359 g/mol. The van der Waals surface area contributed by atoms with Crippen LogP contribution in [0.25, 0.3) is 5.57 Å². The van der Waals surface area contributed by atoms with E-state index in [1.807, 2.05) is 0 Å². The number of allylic oxidation sites excluding steroid dienone is 4. The molecule has 1 aliphatic carbocycles. The summed E-state index contributed by atoms with van der Waals surface area (Å²) >= 11 is 1.78. The molecular formula is C17H21Cl2OTi. The van der Waals surface area contributed by atoms with E-state index < -0.39 is 0 Å². The van der Waals surface area contributed by atoms with Gasteiger partial charge in [-0.2, -0.15) is 0 Å². The van der Waals surface area contributed by atoms with E-state index in [0.29, 0.717) is 5.92 Å². The summed E-state index contributed by atoms with van der Waals surface area (Å²) in [6.45, 7) is 10.9. The van der Waals surface area contributed by atoms with Crippen molar-refractivity contribution in [2.24, 2.45) is 5.92 Å². The second kappa shape index (κ2) is 7.99. The summed E-state index contributed by atoms with van der Waals surface area (Å²) in [6, 6.07) is 8.61. The van der Waals surface area contributed by atoms with Crippen LogP contribution < -0.4 is 24.8 Å². The molecule has 1 atom stereocenters. The minimum absolute atomic E-state index is 0. The molecule has 1 aromatic carbocycles. The van der Waals surface area contributed by atoms with Gasteiger partial charge in [-0.05, 0) is 0 Å². The van der Waals surface area contributed by atoms with Gasteiger partial charge in [-0.25, -0.2) is 0 Å².